The fourth-order valence-electron chi connectivity index (χ4n) is 4.07. The molecule has 8 nitrogen and oxygen atoms in total. The van der Waals surface area contributed by atoms with E-state index in [1.54, 1.807) is 20.0 Å². The molecule has 0 saturated heterocycles. The standard InChI is InChI=1S/C22H31N5O3S2/c1-7-10-25(11-8-2)32(29,30)21-16(4)24-26(18(21)6)14-20(28)19-13-15(3)27(17(19)5)22-23-9-12-31-22/h9,12-13H,7-8,10-11,14H2,1-6H3. The van der Waals surface area contributed by atoms with Crippen LogP contribution in [0.1, 0.15) is 59.8 Å². The van der Waals surface area contributed by atoms with Crippen LogP contribution in [0.3, 0.4) is 0 Å². The second kappa shape index (κ2) is 9.68. The van der Waals surface area contributed by atoms with E-state index in [9.17, 15) is 13.2 Å². The van der Waals surface area contributed by atoms with Gasteiger partial charge in [-0.3, -0.25) is 14.0 Å². The molecule has 0 aliphatic rings. The molecule has 0 radical (unpaired) electrons. The smallest absolute Gasteiger partial charge is 0.246 e. The molecule has 0 spiro atoms. The van der Waals surface area contributed by atoms with Crippen molar-refractivity contribution >= 4 is 27.1 Å². The van der Waals surface area contributed by atoms with Crippen LogP contribution in [-0.2, 0) is 16.6 Å². The number of Topliss-reactive ketones (excluding diaryl/α,β-unsaturated/α-hetero) is 1. The second-order valence-corrected chi connectivity index (χ2v) is 10.7. The van der Waals surface area contributed by atoms with Gasteiger partial charge in [-0.15, -0.1) is 11.3 Å². The third-order valence-electron chi connectivity index (χ3n) is 5.49. The molecule has 174 valence electrons. The van der Waals surface area contributed by atoms with Gasteiger partial charge < -0.3 is 0 Å². The lowest BCUT2D eigenvalue weighted by atomic mass is 10.1. The summed E-state index contributed by atoms with van der Waals surface area (Å²) in [6.45, 7) is 12.1. The summed E-state index contributed by atoms with van der Waals surface area (Å²) in [5, 5.41) is 7.13. The van der Waals surface area contributed by atoms with Crippen LogP contribution in [0.4, 0.5) is 0 Å². The lowest BCUT2D eigenvalue weighted by molar-refractivity contribution is 0.0966. The predicted octanol–water partition coefficient (Wildman–Crippen LogP) is 4.06. The quantitative estimate of drug-likeness (QED) is 0.411. The van der Waals surface area contributed by atoms with E-state index in [1.165, 1.54) is 20.3 Å². The molecule has 0 unspecified atom stereocenters. The Bertz CT molecular complexity index is 1200. The number of hydrogen-bond acceptors (Lipinski definition) is 6. The number of ketones is 1. The minimum atomic E-state index is -3.68. The summed E-state index contributed by atoms with van der Waals surface area (Å²) in [5.74, 6) is -0.116. The molecule has 10 heteroatoms. The maximum absolute atomic E-state index is 13.3. The monoisotopic (exact) mass is 477 g/mol. The zero-order chi connectivity index (χ0) is 23.6. The largest absolute Gasteiger partial charge is 0.294 e. The van der Waals surface area contributed by atoms with E-state index in [2.05, 4.69) is 10.1 Å². The lowest BCUT2D eigenvalue weighted by Gasteiger charge is -2.21. The van der Waals surface area contributed by atoms with Gasteiger partial charge in [-0.25, -0.2) is 13.4 Å². The summed E-state index contributed by atoms with van der Waals surface area (Å²) < 4.78 is 31.7. The Morgan fingerprint density at radius 1 is 1.09 bits per heavy atom. The fourth-order valence-corrected chi connectivity index (χ4v) is 6.82. The molecule has 0 aliphatic heterocycles. The lowest BCUT2D eigenvalue weighted by Crippen LogP contribution is -2.33. The number of carbonyl (C=O) groups excluding carboxylic acids is 1. The molecular weight excluding hydrogens is 446 g/mol. The summed E-state index contributed by atoms with van der Waals surface area (Å²) in [7, 11) is -3.68. The van der Waals surface area contributed by atoms with Crippen LogP contribution >= 0.6 is 11.3 Å². The van der Waals surface area contributed by atoms with Crippen molar-refractivity contribution in [2.24, 2.45) is 0 Å². The van der Waals surface area contributed by atoms with Crippen molar-refractivity contribution in [1.29, 1.82) is 0 Å². The molecule has 3 aromatic rings. The third-order valence-corrected chi connectivity index (χ3v) is 8.40. The predicted molar refractivity (Wildman–Crippen MR) is 126 cm³/mol. The van der Waals surface area contributed by atoms with Crippen LogP contribution in [-0.4, -0.2) is 50.9 Å². The van der Waals surface area contributed by atoms with Crippen LogP contribution in [0.25, 0.3) is 5.13 Å². The van der Waals surface area contributed by atoms with Crippen LogP contribution in [0.5, 0.6) is 0 Å². The maximum Gasteiger partial charge on any atom is 0.246 e. The molecule has 0 bridgehead atoms. The molecule has 0 N–H and O–H groups in total. The zero-order valence-electron chi connectivity index (χ0n) is 19.5. The Morgan fingerprint density at radius 3 is 2.31 bits per heavy atom. The van der Waals surface area contributed by atoms with Gasteiger partial charge in [-0.05, 0) is 46.6 Å². The van der Waals surface area contributed by atoms with Crippen molar-refractivity contribution in [3.63, 3.8) is 0 Å². The summed E-state index contributed by atoms with van der Waals surface area (Å²) in [6, 6.07) is 1.85. The van der Waals surface area contributed by atoms with Gasteiger partial charge in [-0.2, -0.15) is 9.40 Å². The van der Waals surface area contributed by atoms with Gasteiger partial charge in [0, 0.05) is 41.6 Å². The molecule has 3 rings (SSSR count). The molecule has 0 saturated carbocycles. The van der Waals surface area contributed by atoms with Crippen molar-refractivity contribution in [3.8, 4) is 5.13 Å². The Balaban J connectivity index is 1.94. The number of aryl methyl sites for hydroxylation is 2. The highest BCUT2D eigenvalue weighted by molar-refractivity contribution is 7.89. The minimum absolute atomic E-state index is 0.0219. The highest BCUT2D eigenvalue weighted by atomic mass is 32.2. The van der Waals surface area contributed by atoms with Gasteiger partial charge in [0.25, 0.3) is 0 Å². The van der Waals surface area contributed by atoms with Crippen molar-refractivity contribution in [1.82, 2.24) is 23.6 Å². The summed E-state index contributed by atoms with van der Waals surface area (Å²) in [4.78, 5) is 17.7. The van der Waals surface area contributed by atoms with Crippen LogP contribution < -0.4 is 0 Å². The zero-order valence-corrected chi connectivity index (χ0v) is 21.2. The van der Waals surface area contributed by atoms with E-state index in [0.29, 0.717) is 30.0 Å². The van der Waals surface area contributed by atoms with Gasteiger partial charge in [0.1, 0.15) is 11.4 Å². The van der Waals surface area contributed by atoms with Gasteiger partial charge in [0.15, 0.2) is 10.9 Å². The number of aromatic nitrogens is 4. The number of carbonyl (C=O) groups is 1. The molecule has 0 amide bonds. The van der Waals surface area contributed by atoms with E-state index in [1.807, 2.05) is 43.7 Å². The van der Waals surface area contributed by atoms with E-state index < -0.39 is 10.0 Å². The van der Waals surface area contributed by atoms with E-state index in [0.717, 1.165) is 29.4 Å². The summed E-state index contributed by atoms with van der Waals surface area (Å²) in [5.41, 5.74) is 3.23. The SMILES string of the molecule is CCCN(CCC)S(=O)(=O)c1c(C)nn(CC(=O)c2cc(C)n(-c3nccs3)c2C)c1C. The highest BCUT2D eigenvalue weighted by Crippen LogP contribution is 2.26. The molecule has 0 atom stereocenters. The minimum Gasteiger partial charge on any atom is -0.294 e. The third kappa shape index (κ3) is 4.44. The topological polar surface area (TPSA) is 90.1 Å². The van der Waals surface area contributed by atoms with Gasteiger partial charge in [0.05, 0.1) is 11.4 Å². The molecule has 0 aliphatic carbocycles. The average molecular weight is 478 g/mol. The van der Waals surface area contributed by atoms with E-state index in [4.69, 9.17) is 0 Å². The molecule has 3 aromatic heterocycles. The number of nitrogens with zero attached hydrogens (tertiary/aromatic N) is 5. The molecular formula is C22H31N5O3S2. The van der Waals surface area contributed by atoms with Gasteiger partial charge >= 0.3 is 0 Å². The molecule has 3 heterocycles. The van der Waals surface area contributed by atoms with Crippen LogP contribution in [0, 0.1) is 27.7 Å². The van der Waals surface area contributed by atoms with Crippen molar-refractivity contribution in [3.05, 3.63) is 46.0 Å². The van der Waals surface area contributed by atoms with Crippen molar-refractivity contribution in [2.45, 2.75) is 65.8 Å². The van der Waals surface area contributed by atoms with Crippen LogP contribution in [0.15, 0.2) is 22.5 Å². The maximum atomic E-state index is 13.3. The molecule has 0 fully saturated rings. The number of sulfonamides is 1. The first kappa shape index (κ1) is 24.3. The van der Waals surface area contributed by atoms with E-state index in [-0.39, 0.29) is 17.2 Å². The Labute approximate surface area is 193 Å². The number of rotatable bonds is 10. The highest BCUT2D eigenvalue weighted by Gasteiger charge is 2.31. The normalized spacial score (nSPS) is 12.1. The van der Waals surface area contributed by atoms with Crippen molar-refractivity contribution in [2.75, 3.05) is 13.1 Å². The number of hydrogen-bond donors (Lipinski definition) is 0. The van der Waals surface area contributed by atoms with E-state index >= 15 is 0 Å². The van der Waals surface area contributed by atoms with Gasteiger partial charge in [-0.1, -0.05) is 13.8 Å². The first-order chi connectivity index (χ1) is 15.1. The first-order valence-corrected chi connectivity index (χ1v) is 13.1. The fraction of sp³-hybridized carbons (Fsp3) is 0.500. The second-order valence-electron chi connectivity index (χ2n) is 7.92. The number of thiazole rings is 1. The average Bonchev–Trinajstić information content (AvgIpc) is 3.41. The Kier molecular flexibility index (Phi) is 7.36. The van der Waals surface area contributed by atoms with Gasteiger partial charge in [0.2, 0.25) is 10.0 Å². The summed E-state index contributed by atoms with van der Waals surface area (Å²) in [6.07, 6.45) is 3.20. The van der Waals surface area contributed by atoms with Crippen molar-refractivity contribution < 1.29 is 13.2 Å². The Morgan fingerprint density at radius 2 is 1.75 bits per heavy atom. The summed E-state index contributed by atoms with van der Waals surface area (Å²) >= 11 is 1.51. The molecule has 0 aromatic carbocycles. The van der Waals surface area contributed by atoms with Crippen LogP contribution in [0.2, 0.25) is 0 Å². The Hall–Kier alpha value is -2.30. The first-order valence-electron chi connectivity index (χ1n) is 10.8. The molecule has 32 heavy (non-hydrogen) atoms.